The van der Waals surface area contributed by atoms with Crippen LogP contribution in [0.2, 0.25) is 0 Å². The molecule has 14 nitrogen and oxygen atoms in total. The molecule has 0 spiro atoms. The van der Waals surface area contributed by atoms with Gasteiger partial charge < -0.3 is 26.0 Å². The topological polar surface area (TPSA) is 195 Å². The molecule has 1 atom stereocenters. The molecule has 5 N–H and O–H groups in total. The molecule has 220 valence electrons. The summed E-state index contributed by atoms with van der Waals surface area (Å²) in [6.07, 6.45) is 0.110. The smallest absolute Gasteiger partial charge is 0.306 e. The molecule has 4 rings (SSSR count). The van der Waals surface area contributed by atoms with Crippen LogP contribution in [0, 0.1) is 15.9 Å². The van der Waals surface area contributed by atoms with Gasteiger partial charge in [-0.05, 0) is 49.6 Å². The Morgan fingerprint density at radius 3 is 2.49 bits per heavy atom. The van der Waals surface area contributed by atoms with E-state index in [1.165, 1.54) is 12.1 Å². The van der Waals surface area contributed by atoms with Crippen LogP contribution >= 0.6 is 0 Å². The van der Waals surface area contributed by atoms with Crippen molar-refractivity contribution in [1.82, 2.24) is 20.7 Å². The molecule has 1 unspecified atom stereocenters. The summed E-state index contributed by atoms with van der Waals surface area (Å²) in [6, 6.07) is 7.96. The van der Waals surface area contributed by atoms with Gasteiger partial charge in [-0.3, -0.25) is 24.7 Å². The molecule has 0 aliphatic carbocycles. The second-order valence-corrected chi connectivity index (χ2v) is 11.3. The van der Waals surface area contributed by atoms with Gasteiger partial charge in [0.2, 0.25) is 10.0 Å². The molecule has 2 aliphatic heterocycles. The Hall–Kier alpha value is -4.31. The number of halogens is 1. The number of carboxylic acids is 1. The highest BCUT2D eigenvalue weighted by molar-refractivity contribution is 7.89. The number of carboxylic acid groups (broad SMARTS) is 1. The van der Waals surface area contributed by atoms with Crippen LogP contribution in [-0.2, 0) is 14.8 Å². The fourth-order valence-electron chi connectivity index (χ4n) is 4.53. The minimum absolute atomic E-state index is 0.130. The minimum atomic E-state index is -4.37. The summed E-state index contributed by atoms with van der Waals surface area (Å²) in [5.74, 6) is -2.17. The fraction of sp³-hybridized carbons (Fsp3) is 0.400. The van der Waals surface area contributed by atoms with E-state index in [4.69, 9.17) is 0 Å². The molecule has 2 aromatic carbocycles. The Bertz CT molecular complexity index is 1430. The van der Waals surface area contributed by atoms with Gasteiger partial charge in [0.15, 0.2) is 5.96 Å². The van der Waals surface area contributed by atoms with E-state index in [9.17, 15) is 33.2 Å². The summed E-state index contributed by atoms with van der Waals surface area (Å²) >= 11 is 0. The Labute approximate surface area is 235 Å². The molecule has 2 aromatic rings. The van der Waals surface area contributed by atoms with Crippen LogP contribution in [-0.4, -0.2) is 74.7 Å². The highest BCUT2D eigenvalue weighted by Crippen LogP contribution is 2.25. The molecular weight excluding hydrogens is 561 g/mol. The van der Waals surface area contributed by atoms with Gasteiger partial charge in [0, 0.05) is 49.9 Å². The highest BCUT2D eigenvalue weighted by atomic mass is 32.2. The Balaban J connectivity index is 1.38. The highest BCUT2D eigenvalue weighted by Gasteiger charge is 2.26. The maximum atomic E-state index is 15.1. The van der Waals surface area contributed by atoms with E-state index < -0.39 is 45.2 Å². The zero-order chi connectivity index (χ0) is 29.6. The molecule has 2 heterocycles. The SMILES string of the molecule is O=C(O)CC(NC(=O)c1ccc(N2CCC(NC3=NCCCN3)CC2)c(F)c1)NS(=O)(=O)c1ccc([N+](=O)[O-])cc1. The van der Waals surface area contributed by atoms with Crippen LogP contribution in [0.5, 0.6) is 0 Å². The summed E-state index contributed by atoms with van der Waals surface area (Å²) in [5.41, 5.74) is -0.152. The number of nitro benzene ring substituents is 1. The van der Waals surface area contributed by atoms with E-state index in [0.717, 1.165) is 68.6 Å². The van der Waals surface area contributed by atoms with Crippen molar-refractivity contribution in [3.63, 3.8) is 0 Å². The van der Waals surface area contributed by atoms with Gasteiger partial charge >= 0.3 is 5.97 Å². The lowest BCUT2D eigenvalue weighted by Crippen LogP contribution is -2.50. The number of piperidine rings is 1. The summed E-state index contributed by atoms with van der Waals surface area (Å²) in [6.45, 7) is 2.82. The van der Waals surface area contributed by atoms with E-state index in [1.807, 2.05) is 4.90 Å². The molecule has 0 aromatic heterocycles. The van der Waals surface area contributed by atoms with Gasteiger partial charge in [-0.25, -0.2) is 12.8 Å². The quantitative estimate of drug-likeness (QED) is 0.152. The number of non-ortho nitro benzene ring substituents is 1. The first-order chi connectivity index (χ1) is 19.5. The van der Waals surface area contributed by atoms with Crippen LogP contribution in [0.1, 0.15) is 36.0 Å². The van der Waals surface area contributed by atoms with Crippen LogP contribution in [0.3, 0.4) is 0 Å². The van der Waals surface area contributed by atoms with Crippen molar-refractivity contribution in [2.24, 2.45) is 4.99 Å². The number of amides is 1. The monoisotopic (exact) mass is 591 g/mol. The molecule has 0 bridgehead atoms. The molecule has 0 saturated carbocycles. The molecule has 0 radical (unpaired) electrons. The van der Waals surface area contributed by atoms with Gasteiger partial charge in [-0.2, -0.15) is 4.72 Å². The molecule has 1 amide bonds. The summed E-state index contributed by atoms with van der Waals surface area (Å²) in [7, 11) is -4.37. The third-order valence-corrected chi connectivity index (χ3v) is 8.11. The van der Waals surface area contributed by atoms with Crippen LogP contribution in [0.25, 0.3) is 0 Å². The molecule has 41 heavy (non-hydrogen) atoms. The van der Waals surface area contributed by atoms with Gasteiger partial charge in [0.05, 0.1) is 21.9 Å². The first-order valence-corrected chi connectivity index (χ1v) is 14.4. The molecule has 16 heteroatoms. The number of guanidine groups is 1. The number of hydrogen-bond acceptors (Lipinski definition) is 10. The van der Waals surface area contributed by atoms with Crippen molar-refractivity contribution in [3.05, 3.63) is 64.0 Å². The number of aliphatic imine (C=N–C) groups is 1. The first kappa shape index (κ1) is 29.7. The van der Waals surface area contributed by atoms with Crippen molar-refractivity contribution in [2.45, 2.75) is 42.8 Å². The normalized spacial score (nSPS) is 16.7. The zero-order valence-electron chi connectivity index (χ0n) is 21.9. The Morgan fingerprint density at radius 1 is 1.20 bits per heavy atom. The van der Waals surface area contributed by atoms with E-state index in [2.05, 4.69) is 25.7 Å². The standard InChI is InChI=1S/C25H30FN7O7S/c26-20-14-16(2-7-21(20)32-12-8-17(9-13-32)29-25-27-10-1-11-28-25)24(36)30-22(15-23(34)35)31-41(39,40)19-5-3-18(4-6-19)33(37)38/h2-7,14,17,22,31H,1,8-13,15H2,(H,30,36)(H,34,35)(H2,27,28,29). The number of carbonyl (C=O) groups excluding carboxylic acids is 1. The van der Waals surface area contributed by atoms with Gasteiger partial charge in [-0.1, -0.05) is 0 Å². The molecule has 2 aliphatic rings. The number of aliphatic carboxylic acids is 1. The molecular formula is C25H30FN7O7S. The Morgan fingerprint density at radius 2 is 1.90 bits per heavy atom. The van der Waals surface area contributed by atoms with Crippen LogP contribution in [0.4, 0.5) is 15.8 Å². The number of anilines is 1. The maximum absolute atomic E-state index is 15.1. The zero-order valence-corrected chi connectivity index (χ0v) is 22.7. The van der Waals surface area contributed by atoms with Crippen molar-refractivity contribution in [2.75, 3.05) is 31.1 Å². The minimum Gasteiger partial charge on any atom is -0.481 e. The van der Waals surface area contributed by atoms with Gasteiger partial charge in [-0.15, -0.1) is 0 Å². The van der Waals surface area contributed by atoms with Crippen molar-refractivity contribution in [3.8, 4) is 0 Å². The van der Waals surface area contributed by atoms with E-state index in [0.29, 0.717) is 18.8 Å². The maximum Gasteiger partial charge on any atom is 0.306 e. The van der Waals surface area contributed by atoms with Crippen molar-refractivity contribution < 1.29 is 32.4 Å². The van der Waals surface area contributed by atoms with Crippen LogP contribution in [0.15, 0.2) is 52.4 Å². The summed E-state index contributed by atoms with van der Waals surface area (Å²) in [5, 5.41) is 28.9. The lowest BCUT2D eigenvalue weighted by Gasteiger charge is -2.35. The number of nitro groups is 1. The number of rotatable bonds is 10. The average molecular weight is 592 g/mol. The molecule has 1 fully saturated rings. The first-order valence-electron chi connectivity index (χ1n) is 12.9. The van der Waals surface area contributed by atoms with E-state index >= 15 is 4.39 Å². The third kappa shape index (κ3) is 7.88. The van der Waals surface area contributed by atoms with Crippen molar-refractivity contribution >= 4 is 39.2 Å². The predicted octanol–water partition coefficient (Wildman–Crippen LogP) is 1.15. The number of benzene rings is 2. The van der Waals surface area contributed by atoms with Gasteiger partial charge in [0.1, 0.15) is 12.0 Å². The number of carbonyl (C=O) groups is 2. The third-order valence-electron chi connectivity index (χ3n) is 6.62. The average Bonchev–Trinajstić information content (AvgIpc) is 2.93. The van der Waals surface area contributed by atoms with E-state index in [-0.39, 0.29) is 22.2 Å². The summed E-state index contributed by atoms with van der Waals surface area (Å²) in [4.78, 5) is 40.2. The predicted molar refractivity (Wildman–Crippen MR) is 147 cm³/mol. The largest absolute Gasteiger partial charge is 0.481 e. The Kier molecular flexibility index (Phi) is 9.34. The van der Waals surface area contributed by atoms with Crippen LogP contribution < -0.4 is 25.6 Å². The van der Waals surface area contributed by atoms with Gasteiger partial charge in [0.25, 0.3) is 11.6 Å². The fourth-order valence-corrected chi connectivity index (χ4v) is 5.68. The lowest BCUT2D eigenvalue weighted by molar-refractivity contribution is -0.384. The lowest BCUT2D eigenvalue weighted by atomic mass is 10.0. The second-order valence-electron chi connectivity index (χ2n) is 9.58. The number of nitrogens with zero attached hydrogens (tertiary/aromatic N) is 3. The van der Waals surface area contributed by atoms with E-state index in [1.54, 1.807) is 0 Å². The number of sulfonamides is 1. The molecule has 1 saturated heterocycles. The van der Waals surface area contributed by atoms with Crippen molar-refractivity contribution in [1.29, 1.82) is 0 Å². The summed E-state index contributed by atoms with van der Waals surface area (Å²) < 4.78 is 42.6. The number of hydrogen-bond donors (Lipinski definition) is 5. The number of nitrogens with one attached hydrogen (secondary N) is 4. The second kappa shape index (κ2) is 12.9.